The molecule has 2 saturated heterocycles. The SMILES string of the molecule is CC(C)C(=O)N1CC2(C1)OCCC2COCc1ccncc1.O=C(O)C(F)(F)F. The molecule has 2 fully saturated rings. The van der Waals surface area contributed by atoms with E-state index in [2.05, 4.69) is 4.98 Å². The van der Waals surface area contributed by atoms with Gasteiger partial charge in [0.25, 0.3) is 0 Å². The molecule has 1 atom stereocenters. The lowest BCUT2D eigenvalue weighted by atomic mass is 9.80. The van der Waals surface area contributed by atoms with Crippen LogP contribution in [0.4, 0.5) is 13.2 Å². The summed E-state index contributed by atoms with van der Waals surface area (Å²) < 4.78 is 43.6. The highest BCUT2D eigenvalue weighted by Gasteiger charge is 2.54. The average Bonchev–Trinajstić information content (AvgIpc) is 3.04. The fourth-order valence-corrected chi connectivity index (χ4v) is 3.29. The zero-order valence-electron chi connectivity index (χ0n) is 16.3. The molecule has 1 N–H and O–H groups in total. The first-order valence-electron chi connectivity index (χ1n) is 9.24. The standard InChI is InChI=1S/C17H24N2O3.C2HF3O2/c1-13(2)16(20)19-11-17(12-19)15(5-8-22-17)10-21-9-14-3-6-18-7-4-14;3-2(4,5)1(6)7/h3-4,6-7,13,15H,5,8-12H2,1-2H3;(H,6,7). The Morgan fingerprint density at radius 3 is 2.45 bits per heavy atom. The van der Waals surface area contributed by atoms with Crippen molar-refractivity contribution in [2.24, 2.45) is 11.8 Å². The van der Waals surface area contributed by atoms with Gasteiger partial charge in [-0.15, -0.1) is 0 Å². The van der Waals surface area contributed by atoms with Gasteiger partial charge in [0, 0.05) is 30.8 Å². The number of nitrogens with zero attached hydrogens (tertiary/aromatic N) is 2. The molecule has 3 rings (SSSR count). The summed E-state index contributed by atoms with van der Waals surface area (Å²) in [4.78, 5) is 26.8. The van der Waals surface area contributed by atoms with Crippen molar-refractivity contribution in [3.8, 4) is 0 Å². The molecule has 1 aromatic heterocycles. The van der Waals surface area contributed by atoms with Crippen LogP contribution in [0.1, 0.15) is 25.8 Å². The van der Waals surface area contributed by atoms with Crippen molar-refractivity contribution in [1.82, 2.24) is 9.88 Å². The number of ether oxygens (including phenoxy) is 2. The molecule has 0 aliphatic carbocycles. The second-order valence-electron chi connectivity index (χ2n) is 7.42. The molecule has 1 amide bonds. The molecule has 2 aliphatic heterocycles. The fraction of sp³-hybridized carbons (Fsp3) is 0.632. The van der Waals surface area contributed by atoms with Gasteiger partial charge in [0.1, 0.15) is 5.60 Å². The molecule has 1 spiro atoms. The molecule has 0 saturated carbocycles. The topological polar surface area (TPSA) is 89.0 Å². The average molecular weight is 418 g/mol. The highest BCUT2D eigenvalue weighted by atomic mass is 19.4. The first-order chi connectivity index (χ1) is 13.5. The molecule has 0 radical (unpaired) electrons. The third-order valence-electron chi connectivity index (χ3n) is 4.90. The Morgan fingerprint density at radius 1 is 1.34 bits per heavy atom. The number of hydrogen-bond acceptors (Lipinski definition) is 5. The molecule has 3 heterocycles. The smallest absolute Gasteiger partial charge is 0.475 e. The maximum atomic E-state index is 12.0. The molecule has 162 valence electrons. The quantitative estimate of drug-likeness (QED) is 0.791. The van der Waals surface area contributed by atoms with Crippen LogP contribution in [0.15, 0.2) is 24.5 Å². The fourth-order valence-electron chi connectivity index (χ4n) is 3.29. The maximum Gasteiger partial charge on any atom is 0.490 e. The number of carbonyl (C=O) groups is 2. The minimum atomic E-state index is -5.08. The number of amides is 1. The van der Waals surface area contributed by atoms with Crippen LogP contribution in [0.25, 0.3) is 0 Å². The summed E-state index contributed by atoms with van der Waals surface area (Å²) in [5.41, 5.74) is 0.969. The molecule has 10 heteroatoms. The summed E-state index contributed by atoms with van der Waals surface area (Å²) in [7, 11) is 0. The molecule has 1 unspecified atom stereocenters. The zero-order valence-corrected chi connectivity index (χ0v) is 16.3. The minimum absolute atomic E-state index is 0.0557. The number of aromatic nitrogens is 1. The number of carboxylic acids is 1. The van der Waals surface area contributed by atoms with Crippen molar-refractivity contribution in [1.29, 1.82) is 0 Å². The van der Waals surface area contributed by atoms with Crippen LogP contribution < -0.4 is 0 Å². The van der Waals surface area contributed by atoms with E-state index in [0.717, 1.165) is 18.6 Å². The van der Waals surface area contributed by atoms with Crippen molar-refractivity contribution in [3.63, 3.8) is 0 Å². The van der Waals surface area contributed by atoms with Crippen molar-refractivity contribution < 1.29 is 37.3 Å². The van der Waals surface area contributed by atoms with E-state index in [0.29, 0.717) is 32.2 Å². The Kier molecular flexibility index (Phi) is 7.59. The number of carboxylic acid groups (broad SMARTS) is 1. The third-order valence-corrected chi connectivity index (χ3v) is 4.90. The minimum Gasteiger partial charge on any atom is -0.475 e. The van der Waals surface area contributed by atoms with E-state index < -0.39 is 12.1 Å². The van der Waals surface area contributed by atoms with E-state index in [-0.39, 0.29) is 17.4 Å². The number of rotatable bonds is 5. The van der Waals surface area contributed by atoms with Crippen LogP contribution in [0.2, 0.25) is 0 Å². The number of likely N-dealkylation sites (tertiary alicyclic amines) is 1. The van der Waals surface area contributed by atoms with E-state index in [9.17, 15) is 18.0 Å². The summed E-state index contributed by atoms with van der Waals surface area (Å²) in [6.45, 7) is 7.37. The molecular weight excluding hydrogens is 393 g/mol. The van der Waals surface area contributed by atoms with Crippen LogP contribution in [-0.4, -0.2) is 64.9 Å². The van der Waals surface area contributed by atoms with E-state index in [4.69, 9.17) is 19.4 Å². The molecule has 0 aromatic carbocycles. The van der Waals surface area contributed by atoms with Crippen molar-refractivity contribution in [2.45, 2.75) is 38.7 Å². The van der Waals surface area contributed by atoms with Gasteiger partial charge in [-0.3, -0.25) is 9.78 Å². The highest BCUT2D eigenvalue weighted by molar-refractivity contribution is 5.79. The van der Waals surface area contributed by atoms with Gasteiger partial charge in [0.05, 0.1) is 26.3 Å². The van der Waals surface area contributed by atoms with Gasteiger partial charge < -0.3 is 19.5 Å². The van der Waals surface area contributed by atoms with Crippen molar-refractivity contribution >= 4 is 11.9 Å². The lowest BCUT2D eigenvalue weighted by Gasteiger charge is -2.50. The first kappa shape index (κ1) is 23.1. The molecular formula is C19H25F3N2O5. The molecule has 0 bridgehead atoms. The van der Waals surface area contributed by atoms with Gasteiger partial charge in [-0.25, -0.2) is 4.79 Å². The van der Waals surface area contributed by atoms with Crippen LogP contribution in [-0.2, 0) is 25.7 Å². The van der Waals surface area contributed by atoms with E-state index in [1.54, 1.807) is 12.4 Å². The highest BCUT2D eigenvalue weighted by Crippen LogP contribution is 2.40. The molecule has 1 aromatic rings. The zero-order chi connectivity index (χ0) is 21.7. The Morgan fingerprint density at radius 2 is 1.93 bits per heavy atom. The van der Waals surface area contributed by atoms with Crippen LogP contribution in [0, 0.1) is 11.8 Å². The normalized spacial score (nSPS) is 20.2. The van der Waals surface area contributed by atoms with Gasteiger partial charge >= 0.3 is 12.1 Å². The van der Waals surface area contributed by atoms with Gasteiger partial charge in [-0.1, -0.05) is 13.8 Å². The van der Waals surface area contributed by atoms with E-state index >= 15 is 0 Å². The summed E-state index contributed by atoms with van der Waals surface area (Å²) in [6, 6.07) is 3.93. The molecule has 29 heavy (non-hydrogen) atoms. The number of halogens is 3. The van der Waals surface area contributed by atoms with Crippen molar-refractivity contribution in [3.05, 3.63) is 30.1 Å². The lowest BCUT2D eigenvalue weighted by Crippen LogP contribution is -2.67. The van der Waals surface area contributed by atoms with E-state index in [1.165, 1.54) is 0 Å². The number of aliphatic carboxylic acids is 1. The first-order valence-corrected chi connectivity index (χ1v) is 9.24. The van der Waals surface area contributed by atoms with Crippen LogP contribution >= 0.6 is 0 Å². The molecule has 2 aliphatic rings. The summed E-state index contributed by atoms with van der Waals surface area (Å²) in [5, 5.41) is 7.12. The summed E-state index contributed by atoms with van der Waals surface area (Å²) in [6.07, 6.45) is -0.513. The van der Waals surface area contributed by atoms with Gasteiger partial charge in [-0.2, -0.15) is 13.2 Å². The van der Waals surface area contributed by atoms with Gasteiger partial charge in [0.2, 0.25) is 5.91 Å². The number of hydrogen-bond donors (Lipinski definition) is 1. The second kappa shape index (κ2) is 9.53. The summed E-state index contributed by atoms with van der Waals surface area (Å²) >= 11 is 0. The monoisotopic (exact) mass is 418 g/mol. The maximum absolute atomic E-state index is 12.0. The Balaban J connectivity index is 0.000000370. The van der Waals surface area contributed by atoms with Crippen LogP contribution in [0.3, 0.4) is 0 Å². The Hall–Kier alpha value is -2.20. The largest absolute Gasteiger partial charge is 0.490 e. The number of pyridine rings is 1. The summed E-state index contributed by atoms with van der Waals surface area (Å²) in [5.74, 6) is -2.10. The number of carbonyl (C=O) groups excluding carboxylic acids is 1. The lowest BCUT2D eigenvalue weighted by molar-refractivity contribution is -0.192. The second-order valence-corrected chi connectivity index (χ2v) is 7.42. The van der Waals surface area contributed by atoms with E-state index in [1.807, 2.05) is 30.9 Å². The Labute approximate surface area is 166 Å². The Bertz CT molecular complexity index is 691. The molecule has 7 nitrogen and oxygen atoms in total. The predicted octanol–water partition coefficient (Wildman–Crippen LogP) is 2.50. The number of alkyl halides is 3. The predicted molar refractivity (Wildman–Crippen MR) is 95.8 cm³/mol. The third kappa shape index (κ3) is 6.14. The van der Waals surface area contributed by atoms with Gasteiger partial charge in [-0.05, 0) is 24.1 Å². The van der Waals surface area contributed by atoms with Crippen molar-refractivity contribution in [2.75, 3.05) is 26.3 Å². The van der Waals surface area contributed by atoms with Crippen LogP contribution in [0.5, 0.6) is 0 Å². The van der Waals surface area contributed by atoms with Gasteiger partial charge in [0.15, 0.2) is 0 Å².